The van der Waals surface area contributed by atoms with Crippen molar-refractivity contribution in [2.45, 2.75) is 110 Å². The maximum absolute atomic E-state index is 2.49. The summed E-state index contributed by atoms with van der Waals surface area (Å²) in [6.07, 6.45) is 23.5. The number of hydrogen-bond acceptors (Lipinski definition) is 0. The van der Waals surface area contributed by atoms with Crippen LogP contribution in [0.1, 0.15) is 110 Å². The van der Waals surface area contributed by atoms with E-state index < -0.39 is 0 Å². The standard InChI is InChI=1S/C18H37I.H3P/c1-2-3-4-5-6-7-8-9-10-11-12-13-14-15-16-17-18-19;/h2-18H2,1H3;1H3. The van der Waals surface area contributed by atoms with Crippen LogP contribution in [0.4, 0.5) is 0 Å². The summed E-state index contributed by atoms with van der Waals surface area (Å²) in [6.45, 7) is 2.30. The van der Waals surface area contributed by atoms with Gasteiger partial charge >= 0.3 is 0 Å². The topological polar surface area (TPSA) is 0 Å². The smallest absolute Gasteiger partial charge is 0.000473 e. The monoisotopic (exact) mass is 414 g/mol. The highest BCUT2D eigenvalue weighted by atomic mass is 127. The number of alkyl halides is 1. The van der Waals surface area contributed by atoms with Crippen LogP contribution < -0.4 is 0 Å². The third-order valence-electron chi connectivity index (χ3n) is 3.99. The van der Waals surface area contributed by atoms with E-state index in [4.69, 9.17) is 0 Å². The Morgan fingerprint density at radius 1 is 0.450 bits per heavy atom. The lowest BCUT2D eigenvalue weighted by Crippen LogP contribution is -1.83. The first-order valence-corrected chi connectivity index (χ1v) is 10.5. The molecule has 0 heterocycles. The molecule has 0 aliphatic carbocycles. The molecular formula is C18H40IP. The Hall–Kier alpha value is 1.16. The molecule has 0 spiro atoms. The van der Waals surface area contributed by atoms with Crippen molar-refractivity contribution >= 4 is 32.5 Å². The fourth-order valence-corrected chi connectivity index (χ4v) is 3.18. The summed E-state index contributed by atoms with van der Waals surface area (Å²) in [7, 11) is 0. The molecule has 0 nitrogen and oxygen atoms in total. The van der Waals surface area contributed by atoms with Crippen LogP contribution in [-0.4, -0.2) is 4.43 Å². The van der Waals surface area contributed by atoms with Gasteiger partial charge in [0.1, 0.15) is 0 Å². The maximum Gasteiger partial charge on any atom is -0.000473 e. The summed E-state index contributed by atoms with van der Waals surface area (Å²) < 4.78 is 1.34. The Morgan fingerprint density at radius 3 is 0.950 bits per heavy atom. The third kappa shape index (κ3) is 21.5. The largest absolute Gasteiger partial charge is 0.153 e. The lowest BCUT2D eigenvalue weighted by molar-refractivity contribution is 0.532. The van der Waals surface area contributed by atoms with Gasteiger partial charge in [-0.1, -0.05) is 126 Å². The molecule has 0 bridgehead atoms. The summed E-state index contributed by atoms with van der Waals surface area (Å²) in [4.78, 5) is 0. The first-order chi connectivity index (χ1) is 9.41. The molecule has 20 heavy (non-hydrogen) atoms. The Balaban J connectivity index is 0. The normalized spacial score (nSPS) is 10.5. The molecule has 0 aliphatic rings. The van der Waals surface area contributed by atoms with E-state index >= 15 is 0 Å². The van der Waals surface area contributed by atoms with E-state index in [2.05, 4.69) is 29.5 Å². The summed E-state index contributed by atoms with van der Waals surface area (Å²) in [5.41, 5.74) is 0. The van der Waals surface area contributed by atoms with Gasteiger partial charge in [-0.25, -0.2) is 0 Å². The van der Waals surface area contributed by atoms with E-state index in [-0.39, 0.29) is 9.90 Å². The quantitative estimate of drug-likeness (QED) is 0.105. The second-order valence-electron chi connectivity index (χ2n) is 5.99. The summed E-state index contributed by atoms with van der Waals surface area (Å²) in [5, 5.41) is 0. The van der Waals surface area contributed by atoms with Gasteiger partial charge in [0.05, 0.1) is 0 Å². The molecule has 0 aromatic carbocycles. The molecule has 0 fully saturated rings. The minimum absolute atomic E-state index is 0. The Bertz CT molecular complexity index is 134. The molecule has 0 radical (unpaired) electrons. The Labute approximate surface area is 146 Å². The number of hydrogen-bond donors (Lipinski definition) is 0. The average molecular weight is 414 g/mol. The van der Waals surface area contributed by atoms with Gasteiger partial charge in [-0.15, -0.1) is 0 Å². The molecule has 0 rings (SSSR count). The minimum Gasteiger partial charge on any atom is -0.153 e. The second kappa shape index (κ2) is 22.4. The van der Waals surface area contributed by atoms with Gasteiger partial charge < -0.3 is 0 Å². The number of rotatable bonds is 16. The molecule has 0 aliphatic heterocycles. The fourth-order valence-electron chi connectivity index (χ4n) is 2.64. The van der Waals surface area contributed by atoms with Gasteiger partial charge in [-0.3, -0.25) is 0 Å². The highest BCUT2D eigenvalue weighted by Crippen LogP contribution is 2.13. The molecule has 124 valence electrons. The predicted octanol–water partition coefficient (Wildman–Crippen LogP) is 7.74. The molecule has 0 aromatic heterocycles. The molecule has 0 aromatic rings. The maximum atomic E-state index is 2.49. The summed E-state index contributed by atoms with van der Waals surface area (Å²) in [5.74, 6) is 0. The molecular weight excluding hydrogens is 374 g/mol. The van der Waals surface area contributed by atoms with E-state index in [1.54, 1.807) is 0 Å². The van der Waals surface area contributed by atoms with E-state index in [0.29, 0.717) is 0 Å². The van der Waals surface area contributed by atoms with Crippen molar-refractivity contribution in [3.63, 3.8) is 0 Å². The van der Waals surface area contributed by atoms with Gasteiger partial charge in [0, 0.05) is 0 Å². The van der Waals surface area contributed by atoms with Crippen molar-refractivity contribution in [2.75, 3.05) is 4.43 Å². The average Bonchev–Trinajstić information content (AvgIpc) is 2.43. The van der Waals surface area contributed by atoms with Crippen LogP contribution in [0.3, 0.4) is 0 Å². The van der Waals surface area contributed by atoms with Crippen molar-refractivity contribution in [3.05, 3.63) is 0 Å². The highest BCUT2D eigenvalue weighted by Gasteiger charge is 1.94. The minimum atomic E-state index is 0. The zero-order valence-corrected chi connectivity index (χ0v) is 17.7. The van der Waals surface area contributed by atoms with Crippen LogP contribution >= 0.6 is 32.5 Å². The number of unbranched alkanes of at least 4 members (excludes halogenated alkanes) is 15. The van der Waals surface area contributed by atoms with E-state index in [1.165, 1.54) is 107 Å². The van der Waals surface area contributed by atoms with Crippen molar-refractivity contribution in [2.24, 2.45) is 0 Å². The van der Waals surface area contributed by atoms with E-state index in [9.17, 15) is 0 Å². The SMILES string of the molecule is CCCCCCCCCCCCCCCCCCI.P. The molecule has 2 heteroatoms. The molecule has 0 N–H and O–H groups in total. The van der Waals surface area contributed by atoms with Gasteiger partial charge in [-0.05, 0) is 10.8 Å². The van der Waals surface area contributed by atoms with E-state index in [1.807, 2.05) is 0 Å². The van der Waals surface area contributed by atoms with Crippen LogP contribution in [-0.2, 0) is 0 Å². The van der Waals surface area contributed by atoms with Crippen molar-refractivity contribution in [1.29, 1.82) is 0 Å². The molecule has 0 amide bonds. The lowest BCUT2D eigenvalue weighted by Gasteiger charge is -2.03. The van der Waals surface area contributed by atoms with Gasteiger partial charge in [0.15, 0.2) is 0 Å². The van der Waals surface area contributed by atoms with Crippen LogP contribution in [0, 0.1) is 0 Å². The Kier molecular flexibility index (Phi) is 26.3. The van der Waals surface area contributed by atoms with Crippen molar-refractivity contribution in [3.8, 4) is 0 Å². The molecule has 0 saturated carbocycles. The van der Waals surface area contributed by atoms with Gasteiger partial charge in [-0.2, -0.15) is 9.90 Å². The first-order valence-electron chi connectivity index (χ1n) is 8.97. The molecule has 0 saturated heterocycles. The van der Waals surface area contributed by atoms with Crippen molar-refractivity contribution < 1.29 is 0 Å². The predicted molar refractivity (Wildman–Crippen MR) is 110 cm³/mol. The van der Waals surface area contributed by atoms with Crippen LogP contribution in [0.25, 0.3) is 0 Å². The summed E-state index contributed by atoms with van der Waals surface area (Å²) >= 11 is 2.49. The first kappa shape index (κ1) is 23.4. The zero-order valence-electron chi connectivity index (χ0n) is 14.1. The zero-order chi connectivity index (χ0) is 14.0. The summed E-state index contributed by atoms with van der Waals surface area (Å²) in [6, 6.07) is 0. The van der Waals surface area contributed by atoms with Gasteiger partial charge in [0.2, 0.25) is 0 Å². The molecule has 1 atom stereocenters. The second-order valence-corrected chi connectivity index (χ2v) is 7.07. The highest BCUT2D eigenvalue weighted by molar-refractivity contribution is 14.1. The van der Waals surface area contributed by atoms with Crippen molar-refractivity contribution in [1.82, 2.24) is 0 Å². The lowest BCUT2D eigenvalue weighted by atomic mass is 10.0. The third-order valence-corrected chi connectivity index (χ3v) is 4.75. The van der Waals surface area contributed by atoms with Gasteiger partial charge in [0.25, 0.3) is 0 Å². The fraction of sp³-hybridized carbons (Fsp3) is 1.00. The van der Waals surface area contributed by atoms with E-state index in [0.717, 1.165) is 0 Å². The number of halogens is 1. The van der Waals surface area contributed by atoms with Crippen LogP contribution in [0.2, 0.25) is 0 Å². The Morgan fingerprint density at radius 2 is 0.700 bits per heavy atom. The molecule has 1 unspecified atom stereocenters. The van der Waals surface area contributed by atoms with Crippen LogP contribution in [0.5, 0.6) is 0 Å². The van der Waals surface area contributed by atoms with Crippen LogP contribution in [0.15, 0.2) is 0 Å².